The van der Waals surface area contributed by atoms with Gasteiger partial charge in [0.15, 0.2) is 0 Å². The number of anilines is 1. The zero-order valence-electron chi connectivity index (χ0n) is 13.4. The Labute approximate surface area is 138 Å². The van der Waals surface area contributed by atoms with Gasteiger partial charge in [-0.2, -0.15) is 5.26 Å². The van der Waals surface area contributed by atoms with Crippen LogP contribution in [0.4, 0.5) is 5.69 Å². The van der Waals surface area contributed by atoms with E-state index in [9.17, 15) is 9.59 Å². The number of hydrogen-bond acceptors (Lipinski definition) is 7. The number of nitrogens with one attached hydrogen (secondary N) is 1. The van der Waals surface area contributed by atoms with E-state index in [0.29, 0.717) is 36.4 Å². The van der Waals surface area contributed by atoms with Crippen molar-refractivity contribution in [1.82, 2.24) is 14.9 Å². The Balaban J connectivity index is 2.11. The fourth-order valence-electron chi connectivity index (χ4n) is 2.88. The third-order valence-electron chi connectivity index (χ3n) is 4.19. The third kappa shape index (κ3) is 2.70. The predicted octanol–water partition coefficient (Wildman–Crippen LogP) is -0.244. The first-order valence-corrected chi connectivity index (χ1v) is 7.52. The van der Waals surface area contributed by atoms with Gasteiger partial charge in [0, 0.05) is 32.7 Å². The number of ether oxygens (including phenoxy) is 1. The van der Waals surface area contributed by atoms with Crippen molar-refractivity contribution in [3.8, 4) is 6.07 Å². The number of fused-ring (bicyclic) bond motifs is 1. The number of carbonyl (C=O) groups excluding carboxylic acids is 1. The molecule has 0 amide bonds. The van der Waals surface area contributed by atoms with Crippen molar-refractivity contribution >= 4 is 22.7 Å². The van der Waals surface area contributed by atoms with Crippen LogP contribution >= 0.6 is 0 Å². The molecule has 3 heterocycles. The number of hydrogen-bond donors (Lipinski definition) is 1. The van der Waals surface area contributed by atoms with Crippen molar-refractivity contribution < 1.29 is 9.53 Å². The van der Waals surface area contributed by atoms with Crippen LogP contribution < -0.4 is 15.8 Å². The zero-order valence-corrected chi connectivity index (χ0v) is 13.4. The summed E-state index contributed by atoms with van der Waals surface area (Å²) >= 11 is 0. The van der Waals surface area contributed by atoms with E-state index >= 15 is 0 Å². The molecular weight excluding hydrogens is 310 g/mol. The molecule has 1 fully saturated rings. The Bertz CT molecular complexity index is 899. The second kappa shape index (κ2) is 6.29. The summed E-state index contributed by atoms with van der Waals surface area (Å²) in [7, 11) is 3.01. The molecule has 1 N–H and O–H groups in total. The fourth-order valence-corrected chi connectivity index (χ4v) is 2.88. The first kappa shape index (κ1) is 16.0. The number of aromatic nitrogens is 2. The Morgan fingerprint density at radius 2 is 2.29 bits per heavy atom. The second-order valence-corrected chi connectivity index (χ2v) is 5.58. The number of rotatable bonds is 2. The highest BCUT2D eigenvalue weighted by atomic mass is 16.5. The predicted molar refractivity (Wildman–Crippen MR) is 87.7 cm³/mol. The first-order chi connectivity index (χ1) is 11.5. The second-order valence-electron chi connectivity index (χ2n) is 5.58. The van der Waals surface area contributed by atoms with Crippen molar-refractivity contribution in [2.45, 2.75) is 6.04 Å². The molecule has 24 heavy (non-hydrogen) atoms. The molecule has 0 aromatic carbocycles. The molecule has 0 spiro atoms. The molecule has 0 unspecified atom stereocenters. The number of nitrogens with zero attached hydrogens (tertiary/aromatic N) is 4. The van der Waals surface area contributed by atoms with Crippen LogP contribution in [-0.2, 0) is 16.6 Å². The number of nitriles is 1. The van der Waals surface area contributed by atoms with Crippen LogP contribution in [0.1, 0.15) is 5.69 Å². The monoisotopic (exact) mass is 327 g/mol. The molecule has 2 aromatic rings. The lowest BCUT2D eigenvalue weighted by molar-refractivity contribution is -0.143. The molecule has 0 aliphatic carbocycles. The number of carbonyl (C=O) groups is 1. The van der Waals surface area contributed by atoms with Gasteiger partial charge in [-0.15, -0.1) is 0 Å². The summed E-state index contributed by atoms with van der Waals surface area (Å²) in [5.41, 5.74) is 1.95. The lowest BCUT2D eigenvalue weighted by Crippen LogP contribution is -2.54. The van der Waals surface area contributed by atoms with Crippen molar-refractivity contribution in [2.75, 3.05) is 31.6 Å². The van der Waals surface area contributed by atoms with E-state index in [2.05, 4.69) is 10.3 Å². The SMILES string of the molecule is COC(=O)[C@@H]1CN(c2cc(=O)n(C)c3ccc(C#N)nc23)CCN1. The Kier molecular flexibility index (Phi) is 4.18. The number of pyridine rings is 2. The molecule has 8 nitrogen and oxygen atoms in total. The summed E-state index contributed by atoms with van der Waals surface area (Å²) in [6.07, 6.45) is 0. The number of piperazine rings is 1. The van der Waals surface area contributed by atoms with Crippen molar-refractivity contribution in [2.24, 2.45) is 7.05 Å². The van der Waals surface area contributed by atoms with E-state index < -0.39 is 6.04 Å². The van der Waals surface area contributed by atoms with E-state index in [1.807, 2.05) is 11.0 Å². The summed E-state index contributed by atoms with van der Waals surface area (Å²) < 4.78 is 6.28. The van der Waals surface area contributed by atoms with Gasteiger partial charge in [-0.05, 0) is 12.1 Å². The molecule has 0 saturated carbocycles. The summed E-state index contributed by atoms with van der Waals surface area (Å²) in [5, 5.41) is 12.2. The van der Waals surface area contributed by atoms with Crippen LogP contribution in [0.15, 0.2) is 23.0 Å². The molecule has 1 aliphatic heterocycles. The van der Waals surface area contributed by atoms with E-state index in [1.54, 1.807) is 19.2 Å². The summed E-state index contributed by atoms with van der Waals surface area (Å²) in [4.78, 5) is 30.3. The lowest BCUT2D eigenvalue weighted by atomic mass is 10.1. The maximum atomic E-state index is 12.3. The van der Waals surface area contributed by atoms with Crippen molar-refractivity contribution in [3.63, 3.8) is 0 Å². The minimum Gasteiger partial charge on any atom is -0.468 e. The Hall–Kier alpha value is -2.92. The molecule has 2 aromatic heterocycles. The summed E-state index contributed by atoms with van der Waals surface area (Å²) in [5.74, 6) is -0.349. The van der Waals surface area contributed by atoms with Gasteiger partial charge in [0.25, 0.3) is 5.56 Å². The quantitative estimate of drug-likeness (QED) is 0.760. The smallest absolute Gasteiger partial charge is 0.324 e. The maximum Gasteiger partial charge on any atom is 0.324 e. The third-order valence-corrected chi connectivity index (χ3v) is 4.19. The number of methoxy groups -OCH3 is 1. The molecule has 1 aliphatic rings. The standard InChI is InChI=1S/C16H17N5O3/c1-20-12-4-3-10(8-17)19-15(12)13(7-14(20)22)21-6-5-18-11(9-21)16(23)24-2/h3-4,7,11,18H,5-6,9H2,1-2H3/t11-/m0/s1. The van der Waals surface area contributed by atoms with Crippen LogP contribution in [0.3, 0.4) is 0 Å². The molecule has 0 bridgehead atoms. The Morgan fingerprint density at radius 3 is 3.00 bits per heavy atom. The highest BCUT2D eigenvalue weighted by molar-refractivity contribution is 5.89. The highest BCUT2D eigenvalue weighted by Gasteiger charge is 2.27. The topological polar surface area (TPSA) is 100 Å². The minimum absolute atomic E-state index is 0.169. The largest absolute Gasteiger partial charge is 0.468 e. The Morgan fingerprint density at radius 1 is 1.50 bits per heavy atom. The van der Waals surface area contributed by atoms with E-state index in [1.165, 1.54) is 17.7 Å². The zero-order chi connectivity index (χ0) is 17.3. The number of aryl methyl sites for hydroxylation is 1. The maximum absolute atomic E-state index is 12.3. The number of esters is 1. The summed E-state index contributed by atoms with van der Waals surface area (Å²) in [6.45, 7) is 1.57. The molecule has 1 atom stereocenters. The average Bonchev–Trinajstić information content (AvgIpc) is 2.63. The van der Waals surface area contributed by atoms with Gasteiger partial charge in [0.2, 0.25) is 0 Å². The average molecular weight is 327 g/mol. The summed E-state index contributed by atoms with van der Waals surface area (Å²) in [6, 6.07) is 6.34. The van der Waals surface area contributed by atoms with Crippen LogP contribution in [-0.4, -0.2) is 48.3 Å². The molecule has 3 rings (SSSR count). The molecule has 1 saturated heterocycles. The first-order valence-electron chi connectivity index (χ1n) is 7.52. The molecule has 0 radical (unpaired) electrons. The van der Waals surface area contributed by atoms with Crippen LogP contribution in [0.25, 0.3) is 11.0 Å². The van der Waals surface area contributed by atoms with Gasteiger partial charge in [-0.25, -0.2) is 4.98 Å². The van der Waals surface area contributed by atoms with E-state index in [0.717, 1.165) is 0 Å². The van der Waals surface area contributed by atoms with Crippen LogP contribution in [0.5, 0.6) is 0 Å². The van der Waals surface area contributed by atoms with E-state index in [4.69, 9.17) is 10.00 Å². The fraction of sp³-hybridized carbons (Fsp3) is 0.375. The normalized spacial score (nSPS) is 17.5. The van der Waals surface area contributed by atoms with Gasteiger partial charge < -0.3 is 19.5 Å². The molecular formula is C16H17N5O3. The van der Waals surface area contributed by atoms with Crippen LogP contribution in [0, 0.1) is 11.3 Å². The highest BCUT2D eigenvalue weighted by Crippen LogP contribution is 2.24. The lowest BCUT2D eigenvalue weighted by Gasteiger charge is -2.34. The van der Waals surface area contributed by atoms with Gasteiger partial charge in [-0.1, -0.05) is 0 Å². The van der Waals surface area contributed by atoms with Gasteiger partial charge >= 0.3 is 5.97 Å². The van der Waals surface area contributed by atoms with Crippen molar-refractivity contribution in [3.05, 3.63) is 34.2 Å². The van der Waals surface area contributed by atoms with Crippen LogP contribution in [0.2, 0.25) is 0 Å². The molecule has 124 valence electrons. The minimum atomic E-state index is -0.470. The van der Waals surface area contributed by atoms with E-state index in [-0.39, 0.29) is 17.2 Å². The van der Waals surface area contributed by atoms with Gasteiger partial charge in [-0.3, -0.25) is 9.59 Å². The van der Waals surface area contributed by atoms with Gasteiger partial charge in [0.1, 0.15) is 23.3 Å². The van der Waals surface area contributed by atoms with Crippen molar-refractivity contribution in [1.29, 1.82) is 5.26 Å². The van der Waals surface area contributed by atoms with Gasteiger partial charge in [0.05, 0.1) is 18.3 Å². The molecule has 8 heteroatoms.